The van der Waals surface area contributed by atoms with Crippen LogP contribution in [0.15, 0.2) is 17.5 Å². The van der Waals surface area contributed by atoms with Gasteiger partial charge in [-0.05, 0) is 6.92 Å². The molecule has 0 aliphatic carbocycles. The number of aliphatic carboxylic acids is 1. The molecule has 2 aliphatic rings. The number of carbonyl (C=O) groups is 4. The van der Waals surface area contributed by atoms with Gasteiger partial charge >= 0.3 is 17.6 Å². The normalized spacial score (nSPS) is 20.1. The van der Waals surface area contributed by atoms with Crippen molar-refractivity contribution in [3.8, 4) is 0 Å². The number of fused-ring (bicyclic) bond motifs is 1. The number of β-lactam (4-membered cyclic amide) rings is 1. The summed E-state index contributed by atoms with van der Waals surface area (Å²) >= 11 is 1.26. The molecule has 1 aromatic rings. The molecule has 2 aliphatic heterocycles. The van der Waals surface area contributed by atoms with E-state index in [2.05, 4.69) is 10.4 Å². The van der Waals surface area contributed by atoms with Gasteiger partial charge in [-0.25, -0.2) is 4.79 Å². The molecule has 1 saturated heterocycles. The van der Waals surface area contributed by atoms with Gasteiger partial charge in [0.2, 0.25) is 5.91 Å². The Morgan fingerprint density at radius 1 is 1.45 bits per heavy atom. The van der Waals surface area contributed by atoms with E-state index < -0.39 is 40.1 Å². The first-order chi connectivity index (χ1) is 14.6. The predicted octanol–water partition coefficient (Wildman–Crippen LogP) is -0.208. The first kappa shape index (κ1) is 22.3. The number of carbonyl (C=O) groups excluding carboxylic acids is 3. The Balaban J connectivity index is 1.61. The Bertz CT molecular complexity index is 1000. The lowest BCUT2D eigenvalue weighted by molar-refractivity contribution is -0.385. The van der Waals surface area contributed by atoms with E-state index in [-0.39, 0.29) is 42.4 Å². The topological polar surface area (TPSA) is 174 Å². The van der Waals surface area contributed by atoms with E-state index in [0.29, 0.717) is 5.57 Å². The molecule has 2 amide bonds. The molecule has 166 valence electrons. The lowest BCUT2D eigenvalue weighted by Crippen LogP contribution is -2.70. The van der Waals surface area contributed by atoms with Crippen LogP contribution in [0.2, 0.25) is 0 Å². The Hall–Kier alpha value is -3.42. The van der Waals surface area contributed by atoms with Crippen molar-refractivity contribution >= 4 is 41.2 Å². The summed E-state index contributed by atoms with van der Waals surface area (Å²) in [6.07, 6.45) is 1.16. The molecular formula is C17H19N5O8S. The summed E-state index contributed by atoms with van der Waals surface area (Å²) < 4.78 is 6.14. The number of rotatable bonds is 8. The maximum atomic E-state index is 12.5. The molecule has 0 radical (unpaired) electrons. The average Bonchev–Trinajstić information content (AvgIpc) is 3.08. The van der Waals surface area contributed by atoms with E-state index in [4.69, 9.17) is 4.74 Å². The molecule has 3 heterocycles. The quantitative estimate of drug-likeness (QED) is 0.232. The number of hydrogen-bond donors (Lipinski definition) is 2. The summed E-state index contributed by atoms with van der Waals surface area (Å²) in [4.78, 5) is 58.9. The van der Waals surface area contributed by atoms with Crippen molar-refractivity contribution in [2.45, 2.75) is 38.2 Å². The van der Waals surface area contributed by atoms with Crippen molar-refractivity contribution < 1.29 is 33.9 Å². The third-order valence-corrected chi connectivity index (χ3v) is 6.04. The van der Waals surface area contributed by atoms with Crippen LogP contribution in [-0.4, -0.2) is 72.2 Å². The van der Waals surface area contributed by atoms with Gasteiger partial charge in [0.25, 0.3) is 5.91 Å². The van der Waals surface area contributed by atoms with Gasteiger partial charge in [-0.2, -0.15) is 5.10 Å². The first-order valence-electron chi connectivity index (χ1n) is 9.11. The summed E-state index contributed by atoms with van der Waals surface area (Å²) in [7, 11) is 0. The van der Waals surface area contributed by atoms with Crippen LogP contribution in [0.5, 0.6) is 0 Å². The number of carboxylic acid groups (broad SMARTS) is 1. The number of thioether (sulfide) groups is 1. The minimum absolute atomic E-state index is 0.0707. The molecule has 0 unspecified atom stereocenters. The molecule has 31 heavy (non-hydrogen) atoms. The molecule has 1 fully saturated rings. The van der Waals surface area contributed by atoms with Crippen molar-refractivity contribution in [1.82, 2.24) is 20.0 Å². The lowest BCUT2D eigenvalue weighted by Gasteiger charge is -2.49. The number of nitro groups is 1. The van der Waals surface area contributed by atoms with E-state index in [1.807, 2.05) is 0 Å². The highest BCUT2D eigenvalue weighted by molar-refractivity contribution is 8.00. The van der Waals surface area contributed by atoms with Crippen LogP contribution < -0.4 is 5.32 Å². The largest absolute Gasteiger partial charge is 0.477 e. The molecule has 3 rings (SSSR count). The second kappa shape index (κ2) is 8.75. The molecule has 2 atom stereocenters. The number of nitrogens with one attached hydrogen (secondary N) is 1. The van der Waals surface area contributed by atoms with Crippen LogP contribution in [0, 0.1) is 17.0 Å². The fourth-order valence-electron chi connectivity index (χ4n) is 3.25. The average molecular weight is 453 g/mol. The molecule has 2 N–H and O–H groups in total. The van der Waals surface area contributed by atoms with Gasteiger partial charge in [0.1, 0.15) is 35.6 Å². The van der Waals surface area contributed by atoms with E-state index in [1.54, 1.807) is 0 Å². The minimum Gasteiger partial charge on any atom is -0.477 e. The Morgan fingerprint density at radius 3 is 2.74 bits per heavy atom. The molecule has 14 heteroatoms. The van der Waals surface area contributed by atoms with Crippen molar-refractivity contribution in [3.63, 3.8) is 0 Å². The third kappa shape index (κ3) is 4.52. The van der Waals surface area contributed by atoms with Gasteiger partial charge < -0.3 is 15.2 Å². The summed E-state index contributed by atoms with van der Waals surface area (Å²) in [5, 5.41) is 26.3. The Morgan fingerprint density at radius 2 is 2.16 bits per heavy atom. The molecule has 0 spiro atoms. The van der Waals surface area contributed by atoms with E-state index in [1.165, 1.54) is 36.5 Å². The molecular weight excluding hydrogens is 434 g/mol. The van der Waals surface area contributed by atoms with Crippen LogP contribution >= 0.6 is 11.8 Å². The first-order valence-corrected chi connectivity index (χ1v) is 10.2. The van der Waals surface area contributed by atoms with Crippen LogP contribution in [-0.2, 0) is 30.5 Å². The van der Waals surface area contributed by atoms with E-state index in [0.717, 1.165) is 4.90 Å². The Labute approximate surface area is 179 Å². The van der Waals surface area contributed by atoms with E-state index in [9.17, 15) is 34.4 Å². The standard InChI is InChI=1S/C17H19N5O8S/c1-8-11(22(28)29)5-20(19-8)4-3-12(24)18-13-15(25)21-14(17(26)27)10(6-30-9(2)23)7-31-16(13)21/h5,13,16H,3-4,6-7H2,1-2H3,(H,18,24)(H,26,27)/t13-,16-/m0/s1. The highest BCUT2D eigenvalue weighted by atomic mass is 32.2. The lowest BCUT2D eigenvalue weighted by atomic mass is 10.0. The maximum Gasteiger partial charge on any atom is 0.352 e. The maximum absolute atomic E-state index is 12.5. The molecule has 13 nitrogen and oxygen atoms in total. The van der Waals surface area contributed by atoms with Crippen LogP contribution in [0.3, 0.4) is 0 Å². The molecule has 0 saturated carbocycles. The monoisotopic (exact) mass is 453 g/mol. The number of hydrogen-bond acceptors (Lipinski definition) is 9. The second-order valence-corrected chi connectivity index (χ2v) is 7.97. The summed E-state index contributed by atoms with van der Waals surface area (Å²) in [6.45, 7) is 2.53. The van der Waals surface area contributed by atoms with Gasteiger partial charge in [-0.1, -0.05) is 0 Å². The zero-order valence-corrected chi connectivity index (χ0v) is 17.4. The SMILES string of the molecule is CC(=O)OCC1=C(C(=O)O)N2C(=O)[C@H](NC(=O)CCn3cc([N+](=O)[O-])c(C)n3)[C@@H]2SC1. The van der Waals surface area contributed by atoms with E-state index >= 15 is 0 Å². The molecule has 1 aromatic heterocycles. The summed E-state index contributed by atoms with van der Waals surface area (Å²) in [5.74, 6) is -2.70. The zero-order valence-electron chi connectivity index (χ0n) is 16.6. The van der Waals surface area contributed by atoms with Crippen molar-refractivity contribution in [3.05, 3.63) is 33.3 Å². The number of carboxylic acids is 1. The molecule has 0 bridgehead atoms. The van der Waals surface area contributed by atoms with Gasteiger partial charge in [0.05, 0.1) is 4.92 Å². The summed E-state index contributed by atoms with van der Waals surface area (Å²) in [5.41, 5.74) is 0.144. The van der Waals surface area contributed by atoms with Crippen LogP contribution in [0.1, 0.15) is 19.0 Å². The van der Waals surface area contributed by atoms with Crippen LogP contribution in [0.25, 0.3) is 0 Å². The zero-order chi connectivity index (χ0) is 22.9. The van der Waals surface area contributed by atoms with Gasteiger partial charge in [-0.3, -0.25) is 34.1 Å². The molecule has 0 aromatic carbocycles. The second-order valence-electron chi connectivity index (χ2n) is 6.86. The number of aromatic nitrogens is 2. The van der Waals surface area contributed by atoms with Gasteiger partial charge in [0.15, 0.2) is 0 Å². The smallest absolute Gasteiger partial charge is 0.352 e. The highest BCUT2D eigenvalue weighted by Crippen LogP contribution is 2.40. The number of aryl methyl sites for hydroxylation is 2. The van der Waals surface area contributed by atoms with Gasteiger partial charge in [0, 0.05) is 31.2 Å². The van der Waals surface area contributed by atoms with Gasteiger partial charge in [-0.15, -0.1) is 11.8 Å². The minimum atomic E-state index is -1.32. The van der Waals surface area contributed by atoms with Crippen molar-refractivity contribution in [2.24, 2.45) is 0 Å². The Kier molecular flexibility index (Phi) is 6.29. The fourth-order valence-corrected chi connectivity index (χ4v) is 4.57. The fraction of sp³-hybridized carbons (Fsp3) is 0.471. The third-order valence-electron chi connectivity index (χ3n) is 4.70. The van der Waals surface area contributed by atoms with Crippen molar-refractivity contribution in [1.29, 1.82) is 0 Å². The van der Waals surface area contributed by atoms with Crippen LogP contribution in [0.4, 0.5) is 5.69 Å². The number of amides is 2. The highest BCUT2D eigenvalue weighted by Gasteiger charge is 2.54. The predicted molar refractivity (Wildman–Crippen MR) is 105 cm³/mol. The number of ether oxygens (including phenoxy) is 1. The summed E-state index contributed by atoms with van der Waals surface area (Å²) in [6, 6.07) is -0.893. The number of esters is 1. The number of nitrogens with zero attached hydrogens (tertiary/aromatic N) is 4. The van der Waals surface area contributed by atoms with Crippen molar-refractivity contribution in [2.75, 3.05) is 12.4 Å².